The van der Waals surface area contributed by atoms with Crippen molar-refractivity contribution in [2.24, 2.45) is 4.99 Å². The van der Waals surface area contributed by atoms with E-state index < -0.39 is 0 Å². The maximum Gasteiger partial charge on any atom is 0.267 e. The van der Waals surface area contributed by atoms with Gasteiger partial charge in [0.05, 0.1) is 17.3 Å². The molecule has 128 valence electrons. The molecule has 1 aliphatic heterocycles. The lowest BCUT2D eigenvalue weighted by Gasteiger charge is -2.20. The number of nitrogens with zero attached hydrogens (tertiary/aromatic N) is 3. The van der Waals surface area contributed by atoms with Crippen LogP contribution in [0.5, 0.6) is 0 Å². The molecule has 0 atom stereocenters. The van der Waals surface area contributed by atoms with Crippen molar-refractivity contribution < 1.29 is 4.79 Å². The smallest absolute Gasteiger partial charge is 0.267 e. The molecule has 1 fully saturated rings. The maximum absolute atomic E-state index is 12.8. The second kappa shape index (κ2) is 7.68. The van der Waals surface area contributed by atoms with Gasteiger partial charge in [0, 0.05) is 0 Å². The molecule has 2 aromatic carbocycles. The molecule has 0 aliphatic carbocycles. The highest BCUT2D eigenvalue weighted by molar-refractivity contribution is 8.18. The van der Waals surface area contributed by atoms with Crippen LogP contribution < -0.4 is 0 Å². The minimum Gasteiger partial charge on any atom is -0.292 e. The highest BCUT2D eigenvalue weighted by atomic mass is 32.2. The van der Waals surface area contributed by atoms with Gasteiger partial charge in [0.2, 0.25) is 0 Å². The number of amidine groups is 1. The molecule has 5 heteroatoms. The van der Waals surface area contributed by atoms with Gasteiger partial charge in [-0.3, -0.25) is 14.6 Å². The molecule has 1 amide bonds. The summed E-state index contributed by atoms with van der Waals surface area (Å²) in [6, 6.07) is 17.9. The third-order valence-corrected chi connectivity index (χ3v) is 4.68. The summed E-state index contributed by atoms with van der Waals surface area (Å²) in [5.74, 6) is -0.00610. The first kappa shape index (κ1) is 17.5. The Balaban J connectivity index is 1.94. The zero-order chi connectivity index (χ0) is 17.8. The van der Waals surface area contributed by atoms with Gasteiger partial charge in [-0.15, -0.1) is 0 Å². The number of carbonyl (C=O) groups excluding carboxylic acids is 1. The first-order chi connectivity index (χ1) is 12.0. The van der Waals surface area contributed by atoms with E-state index in [1.165, 1.54) is 17.3 Å². The fourth-order valence-corrected chi connectivity index (χ4v) is 3.42. The van der Waals surface area contributed by atoms with Crippen molar-refractivity contribution in [2.75, 3.05) is 20.8 Å². The summed E-state index contributed by atoms with van der Waals surface area (Å²) in [7, 11) is 3.89. The number of amides is 1. The van der Waals surface area contributed by atoms with E-state index in [1.807, 2.05) is 86.6 Å². The molecule has 1 heterocycles. The maximum atomic E-state index is 12.8. The van der Waals surface area contributed by atoms with E-state index in [1.54, 1.807) is 4.90 Å². The second-order valence-electron chi connectivity index (χ2n) is 6.21. The molecule has 25 heavy (non-hydrogen) atoms. The predicted molar refractivity (Wildman–Crippen MR) is 106 cm³/mol. The standard InChI is InChI=1S/C20H21N3OS/c1-15-9-11-17(12-10-15)21-20-23(14-22(2)3)19(24)18(25-20)13-16-7-5-4-6-8-16/h4-13H,14H2,1-3H3/b18-13+,21-20?. The molecule has 0 radical (unpaired) electrons. The predicted octanol–water partition coefficient (Wildman–Crippen LogP) is 4.12. The molecule has 3 rings (SSSR count). The Hall–Kier alpha value is -2.37. The van der Waals surface area contributed by atoms with E-state index in [4.69, 9.17) is 4.99 Å². The van der Waals surface area contributed by atoms with Gasteiger partial charge in [0.25, 0.3) is 5.91 Å². The Bertz CT molecular complexity index is 811. The van der Waals surface area contributed by atoms with Crippen LogP contribution in [0.3, 0.4) is 0 Å². The number of aryl methyl sites for hydroxylation is 1. The average Bonchev–Trinajstić information content (AvgIpc) is 2.86. The third-order valence-electron chi connectivity index (χ3n) is 3.67. The van der Waals surface area contributed by atoms with Crippen LogP contribution in [-0.2, 0) is 4.79 Å². The number of benzene rings is 2. The average molecular weight is 351 g/mol. The molecule has 0 unspecified atom stereocenters. The normalized spacial score (nSPS) is 17.9. The Morgan fingerprint density at radius 1 is 1.08 bits per heavy atom. The summed E-state index contributed by atoms with van der Waals surface area (Å²) >= 11 is 1.42. The lowest BCUT2D eigenvalue weighted by atomic mass is 10.2. The van der Waals surface area contributed by atoms with Gasteiger partial charge in [0.1, 0.15) is 0 Å². The largest absolute Gasteiger partial charge is 0.292 e. The van der Waals surface area contributed by atoms with Crippen LogP contribution in [0.4, 0.5) is 5.69 Å². The van der Waals surface area contributed by atoms with E-state index in [2.05, 4.69) is 0 Å². The number of rotatable bonds is 4. The van der Waals surface area contributed by atoms with Gasteiger partial charge in [-0.05, 0) is 56.6 Å². The summed E-state index contributed by atoms with van der Waals surface area (Å²) in [6.45, 7) is 2.55. The van der Waals surface area contributed by atoms with Crippen LogP contribution in [0.2, 0.25) is 0 Å². The molecule has 0 spiro atoms. The minimum atomic E-state index is -0.00610. The first-order valence-electron chi connectivity index (χ1n) is 8.09. The summed E-state index contributed by atoms with van der Waals surface area (Å²) < 4.78 is 0. The van der Waals surface area contributed by atoms with Crippen LogP contribution in [0, 0.1) is 6.92 Å². The van der Waals surface area contributed by atoms with Crippen LogP contribution in [0.1, 0.15) is 11.1 Å². The van der Waals surface area contributed by atoms with Gasteiger partial charge in [0.15, 0.2) is 5.17 Å². The molecular weight excluding hydrogens is 330 g/mol. The zero-order valence-corrected chi connectivity index (χ0v) is 15.5. The van der Waals surface area contributed by atoms with E-state index in [9.17, 15) is 4.79 Å². The number of hydrogen-bond acceptors (Lipinski definition) is 4. The molecule has 2 aromatic rings. The van der Waals surface area contributed by atoms with Crippen LogP contribution in [0.25, 0.3) is 6.08 Å². The molecule has 0 N–H and O–H groups in total. The van der Waals surface area contributed by atoms with Crippen molar-refractivity contribution in [3.8, 4) is 0 Å². The van der Waals surface area contributed by atoms with Crippen molar-refractivity contribution in [3.05, 3.63) is 70.6 Å². The van der Waals surface area contributed by atoms with Crippen LogP contribution >= 0.6 is 11.8 Å². The Morgan fingerprint density at radius 2 is 1.76 bits per heavy atom. The highest BCUT2D eigenvalue weighted by Gasteiger charge is 2.33. The molecule has 1 saturated heterocycles. The minimum absolute atomic E-state index is 0.00610. The van der Waals surface area contributed by atoms with E-state index >= 15 is 0 Å². The number of thioether (sulfide) groups is 1. The molecule has 0 bridgehead atoms. The summed E-state index contributed by atoms with van der Waals surface area (Å²) in [5.41, 5.74) is 3.05. The first-order valence-corrected chi connectivity index (χ1v) is 8.91. The second-order valence-corrected chi connectivity index (χ2v) is 7.21. The number of aliphatic imine (C=N–C) groups is 1. The molecule has 0 aromatic heterocycles. The van der Waals surface area contributed by atoms with Crippen LogP contribution in [0.15, 0.2) is 64.5 Å². The van der Waals surface area contributed by atoms with E-state index in [0.717, 1.165) is 11.3 Å². The quantitative estimate of drug-likeness (QED) is 0.778. The monoisotopic (exact) mass is 351 g/mol. The van der Waals surface area contributed by atoms with Crippen molar-refractivity contribution in [2.45, 2.75) is 6.92 Å². The SMILES string of the molecule is Cc1ccc(N=C2S/C(=C/c3ccccc3)C(=O)N2CN(C)C)cc1. The van der Waals surface area contributed by atoms with E-state index in [0.29, 0.717) is 16.7 Å². The zero-order valence-electron chi connectivity index (χ0n) is 14.6. The van der Waals surface area contributed by atoms with Crippen molar-refractivity contribution in [3.63, 3.8) is 0 Å². The number of carbonyl (C=O) groups is 1. The Labute approximate surface area is 152 Å². The fraction of sp³-hybridized carbons (Fsp3) is 0.200. The lowest BCUT2D eigenvalue weighted by molar-refractivity contribution is -0.123. The molecule has 1 aliphatic rings. The topological polar surface area (TPSA) is 35.9 Å². The lowest BCUT2D eigenvalue weighted by Crippen LogP contribution is -2.37. The van der Waals surface area contributed by atoms with Gasteiger partial charge in [-0.1, -0.05) is 48.0 Å². The summed E-state index contributed by atoms with van der Waals surface area (Å²) in [6.07, 6.45) is 1.92. The summed E-state index contributed by atoms with van der Waals surface area (Å²) in [5, 5.41) is 0.713. The third kappa shape index (κ3) is 4.38. The molecule has 4 nitrogen and oxygen atoms in total. The summed E-state index contributed by atoms with van der Waals surface area (Å²) in [4.78, 5) is 21.9. The van der Waals surface area contributed by atoms with Crippen molar-refractivity contribution in [1.82, 2.24) is 9.80 Å². The van der Waals surface area contributed by atoms with Crippen molar-refractivity contribution in [1.29, 1.82) is 0 Å². The van der Waals surface area contributed by atoms with Crippen LogP contribution in [-0.4, -0.2) is 41.6 Å². The Morgan fingerprint density at radius 3 is 2.40 bits per heavy atom. The highest BCUT2D eigenvalue weighted by Crippen LogP contribution is 2.34. The molecule has 0 saturated carbocycles. The number of hydrogen-bond donors (Lipinski definition) is 0. The van der Waals surface area contributed by atoms with E-state index in [-0.39, 0.29) is 5.91 Å². The van der Waals surface area contributed by atoms with Gasteiger partial charge < -0.3 is 0 Å². The van der Waals surface area contributed by atoms with Crippen molar-refractivity contribution >= 4 is 34.6 Å². The van der Waals surface area contributed by atoms with Gasteiger partial charge in [-0.25, -0.2) is 4.99 Å². The Kier molecular flexibility index (Phi) is 5.36. The fourth-order valence-electron chi connectivity index (χ4n) is 2.43. The van der Waals surface area contributed by atoms with Gasteiger partial charge in [-0.2, -0.15) is 0 Å². The molecular formula is C20H21N3OS. The van der Waals surface area contributed by atoms with Gasteiger partial charge >= 0.3 is 0 Å².